The van der Waals surface area contributed by atoms with Gasteiger partial charge in [-0.05, 0) is 38.1 Å². The minimum absolute atomic E-state index is 0.220. The molecular formula is C19H21NO4. The number of carbonyl (C=O) groups excluding carboxylic acids is 2. The van der Waals surface area contributed by atoms with Crippen LogP contribution in [0.4, 0.5) is 5.69 Å². The van der Waals surface area contributed by atoms with Gasteiger partial charge in [-0.15, -0.1) is 0 Å². The molecule has 0 aliphatic heterocycles. The molecule has 0 saturated heterocycles. The fourth-order valence-corrected chi connectivity index (χ4v) is 2.41. The number of esters is 2. The summed E-state index contributed by atoms with van der Waals surface area (Å²) in [5, 5.41) is 0. The van der Waals surface area contributed by atoms with E-state index in [1.165, 1.54) is 7.11 Å². The quantitative estimate of drug-likeness (QED) is 0.600. The molecule has 0 spiro atoms. The van der Waals surface area contributed by atoms with Crippen LogP contribution in [0.5, 0.6) is 5.75 Å². The number of methoxy groups -OCH3 is 1. The normalized spacial score (nSPS) is 10.1. The van der Waals surface area contributed by atoms with Crippen LogP contribution >= 0.6 is 0 Å². The van der Waals surface area contributed by atoms with Crippen molar-refractivity contribution in [3.8, 4) is 5.75 Å². The molecule has 0 aromatic heterocycles. The highest BCUT2D eigenvalue weighted by atomic mass is 16.6. The molecule has 0 heterocycles. The zero-order chi connectivity index (χ0) is 17.5. The maximum absolute atomic E-state index is 12.3. The van der Waals surface area contributed by atoms with Crippen LogP contribution in [-0.2, 0) is 4.74 Å². The van der Waals surface area contributed by atoms with E-state index in [2.05, 4.69) is 18.7 Å². The third kappa shape index (κ3) is 3.93. The van der Waals surface area contributed by atoms with Crippen molar-refractivity contribution in [1.82, 2.24) is 0 Å². The summed E-state index contributed by atoms with van der Waals surface area (Å²) in [6, 6.07) is 13.6. The fraction of sp³-hybridized carbons (Fsp3) is 0.263. The van der Waals surface area contributed by atoms with Crippen molar-refractivity contribution in [2.24, 2.45) is 0 Å². The van der Waals surface area contributed by atoms with E-state index in [1.807, 2.05) is 6.07 Å². The molecule has 0 atom stereocenters. The van der Waals surface area contributed by atoms with Crippen LogP contribution in [0, 0.1) is 0 Å². The third-order valence-corrected chi connectivity index (χ3v) is 3.73. The molecule has 0 unspecified atom stereocenters. The van der Waals surface area contributed by atoms with Gasteiger partial charge in [0.1, 0.15) is 11.3 Å². The molecule has 2 rings (SSSR count). The summed E-state index contributed by atoms with van der Waals surface area (Å²) in [5.74, 6) is -1.03. The number of hydrogen-bond donors (Lipinski definition) is 0. The first-order valence-corrected chi connectivity index (χ1v) is 7.85. The fourth-order valence-electron chi connectivity index (χ4n) is 2.41. The molecule has 5 heteroatoms. The van der Waals surface area contributed by atoms with Crippen molar-refractivity contribution in [3.63, 3.8) is 0 Å². The molecule has 0 bridgehead atoms. The predicted molar refractivity (Wildman–Crippen MR) is 92.7 cm³/mol. The highest BCUT2D eigenvalue weighted by Crippen LogP contribution is 2.26. The maximum atomic E-state index is 12.3. The van der Waals surface area contributed by atoms with Gasteiger partial charge in [-0.25, -0.2) is 9.59 Å². The number of hydrogen-bond acceptors (Lipinski definition) is 5. The van der Waals surface area contributed by atoms with Gasteiger partial charge in [0.2, 0.25) is 0 Å². The Labute approximate surface area is 141 Å². The first-order valence-electron chi connectivity index (χ1n) is 7.85. The van der Waals surface area contributed by atoms with Gasteiger partial charge in [0.25, 0.3) is 0 Å². The Kier molecular flexibility index (Phi) is 5.95. The van der Waals surface area contributed by atoms with Crippen molar-refractivity contribution in [3.05, 3.63) is 59.7 Å². The Bertz CT molecular complexity index is 709. The highest BCUT2D eigenvalue weighted by Gasteiger charge is 2.19. The molecule has 0 aliphatic carbocycles. The lowest BCUT2D eigenvalue weighted by molar-refractivity contribution is 0.0396. The summed E-state index contributed by atoms with van der Waals surface area (Å²) in [6.45, 7) is 5.79. The van der Waals surface area contributed by atoms with Crippen LogP contribution in [0.3, 0.4) is 0 Å². The molecule has 0 fully saturated rings. The van der Waals surface area contributed by atoms with Gasteiger partial charge in [-0.1, -0.05) is 18.2 Å². The molecule has 5 nitrogen and oxygen atoms in total. The first-order chi connectivity index (χ1) is 11.6. The Morgan fingerprint density at radius 3 is 2.21 bits per heavy atom. The van der Waals surface area contributed by atoms with Crippen molar-refractivity contribution in [2.45, 2.75) is 13.8 Å². The third-order valence-electron chi connectivity index (χ3n) is 3.73. The van der Waals surface area contributed by atoms with Crippen molar-refractivity contribution in [2.75, 3.05) is 25.1 Å². The molecule has 24 heavy (non-hydrogen) atoms. The lowest BCUT2D eigenvalue weighted by Gasteiger charge is -2.22. The average Bonchev–Trinajstić information content (AvgIpc) is 2.63. The SMILES string of the molecule is CCN(CC)c1ccc(C(=O)OC(=O)c2ccccc2)c(OC)c1. The van der Waals surface area contributed by atoms with Gasteiger partial charge >= 0.3 is 11.9 Å². The van der Waals surface area contributed by atoms with Gasteiger partial charge in [0, 0.05) is 24.8 Å². The Hall–Kier alpha value is -2.82. The van der Waals surface area contributed by atoms with E-state index in [4.69, 9.17) is 9.47 Å². The number of benzene rings is 2. The number of anilines is 1. The second-order valence-electron chi connectivity index (χ2n) is 5.10. The van der Waals surface area contributed by atoms with E-state index in [1.54, 1.807) is 42.5 Å². The average molecular weight is 327 g/mol. The molecule has 0 aliphatic rings. The molecule has 2 aromatic carbocycles. The van der Waals surface area contributed by atoms with Gasteiger partial charge in [-0.2, -0.15) is 0 Å². The summed E-state index contributed by atoms with van der Waals surface area (Å²) in [6.07, 6.45) is 0. The number of nitrogens with zero attached hydrogens (tertiary/aromatic N) is 1. The Balaban J connectivity index is 2.21. The summed E-state index contributed by atoms with van der Waals surface area (Å²) in [7, 11) is 1.48. The molecule has 0 amide bonds. The maximum Gasteiger partial charge on any atom is 0.349 e. The van der Waals surface area contributed by atoms with Crippen LogP contribution in [0.2, 0.25) is 0 Å². The van der Waals surface area contributed by atoms with Crippen molar-refractivity contribution < 1.29 is 19.1 Å². The predicted octanol–water partition coefficient (Wildman–Crippen LogP) is 3.54. The summed E-state index contributed by atoms with van der Waals surface area (Å²) < 4.78 is 10.2. The molecule has 0 radical (unpaired) electrons. The standard InChI is InChI=1S/C19H21NO4/c1-4-20(5-2)15-11-12-16(17(13-15)23-3)19(22)24-18(21)14-9-7-6-8-10-14/h6-13H,4-5H2,1-3H3. The topological polar surface area (TPSA) is 55.8 Å². The van der Waals surface area contributed by atoms with Gasteiger partial charge in [0.15, 0.2) is 0 Å². The summed E-state index contributed by atoms with van der Waals surface area (Å²) >= 11 is 0. The summed E-state index contributed by atoms with van der Waals surface area (Å²) in [5.41, 5.74) is 1.49. The molecule has 126 valence electrons. The minimum Gasteiger partial charge on any atom is -0.496 e. The molecule has 2 aromatic rings. The lowest BCUT2D eigenvalue weighted by Crippen LogP contribution is -2.22. The highest BCUT2D eigenvalue weighted by molar-refractivity contribution is 6.04. The molecular weight excluding hydrogens is 306 g/mol. The van der Waals surface area contributed by atoms with Crippen LogP contribution < -0.4 is 9.64 Å². The van der Waals surface area contributed by atoms with E-state index < -0.39 is 11.9 Å². The van der Waals surface area contributed by atoms with E-state index in [0.717, 1.165) is 18.8 Å². The van der Waals surface area contributed by atoms with Gasteiger partial charge < -0.3 is 14.4 Å². The zero-order valence-corrected chi connectivity index (χ0v) is 14.1. The Morgan fingerprint density at radius 1 is 0.958 bits per heavy atom. The van der Waals surface area contributed by atoms with Crippen LogP contribution in [0.25, 0.3) is 0 Å². The van der Waals surface area contributed by atoms with Crippen LogP contribution in [-0.4, -0.2) is 32.1 Å². The van der Waals surface area contributed by atoms with Crippen molar-refractivity contribution >= 4 is 17.6 Å². The van der Waals surface area contributed by atoms with Crippen molar-refractivity contribution in [1.29, 1.82) is 0 Å². The van der Waals surface area contributed by atoms with E-state index in [0.29, 0.717) is 11.3 Å². The largest absolute Gasteiger partial charge is 0.496 e. The van der Waals surface area contributed by atoms with E-state index in [9.17, 15) is 9.59 Å². The molecule has 0 N–H and O–H groups in total. The second kappa shape index (κ2) is 8.15. The van der Waals surface area contributed by atoms with Gasteiger partial charge in [0.05, 0.1) is 12.7 Å². The second-order valence-corrected chi connectivity index (χ2v) is 5.10. The Morgan fingerprint density at radius 2 is 1.62 bits per heavy atom. The lowest BCUT2D eigenvalue weighted by atomic mass is 10.1. The van der Waals surface area contributed by atoms with E-state index in [-0.39, 0.29) is 5.56 Å². The van der Waals surface area contributed by atoms with Crippen LogP contribution in [0.15, 0.2) is 48.5 Å². The smallest absolute Gasteiger partial charge is 0.349 e. The monoisotopic (exact) mass is 327 g/mol. The number of ether oxygens (including phenoxy) is 2. The summed E-state index contributed by atoms with van der Waals surface area (Å²) in [4.78, 5) is 26.4. The zero-order valence-electron chi connectivity index (χ0n) is 14.1. The number of rotatable bonds is 6. The molecule has 0 saturated carbocycles. The number of carbonyl (C=O) groups is 2. The van der Waals surface area contributed by atoms with Crippen LogP contribution in [0.1, 0.15) is 34.6 Å². The first kappa shape index (κ1) is 17.5. The van der Waals surface area contributed by atoms with Gasteiger partial charge in [-0.3, -0.25) is 0 Å². The van der Waals surface area contributed by atoms with E-state index >= 15 is 0 Å². The minimum atomic E-state index is -0.730.